The first-order valence-electron chi connectivity index (χ1n) is 8.84. The van der Waals surface area contributed by atoms with Gasteiger partial charge in [0.15, 0.2) is 0 Å². The van der Waals surface area contributed by atoms with E-state index in [2.05, 4.69) is 47.4 Å². The average molecular weight is 367 g/mol. The van der Waals surface area contributed by atoms with Gasteiger partial charge in [0.2, 0.25) is 0 Å². The predicted molar refractivity (Wildman–Crippen MR) is 106 cm³/mol. The molecule has 0 bridgehead atoms. The van der Waals surface area contributed by atoms with Gasteiger partial charge < -0.3 is 14.7 Å². The summed E-state index contributed by atoms with van der Waals surface area (Å²) < 4.78 is 5.41. The van der Waals surface area contributed by atoms with Crippen molar-refractivity contribution in [1.82, 2.24) is 0 Å². The summed E-state index contributed by atoms with van der Waals surface area (Å²) in [7, 11) is 0. The molecule has 2 aliphatic rings. The first-order chi connectivity index (χ1) is 12.7. The highest BCUT2D eigenvalue weighted by molar-refractivity contribution is 7.99. The molecule has 4 nitrogen and oxygen atoms in total. The molecule has 1 fully saturated rings. The standard InChI is InChI=1S/C21H21NO3S/c23-21(24)17-7-12-26-20-6-3-16(13-18(20)14-17)15-1-4-19(5-2-15)22-8-10-25-11-9-22/h1-6,13-14H,7-12H2,(H,23,24). The summed E-state index contributed by atoms with van der Waals surface area (Å²) >= 11 is 1.72. The summed E-state index contributed by atoms with van der Waals surface area (Å²) in [6.45, 7) is 3.42. The minimum atomic E-state index is -0.821. The van der Waals surface area contributed by atoms with Crippen LogP contribution in [0, 0.1) is 0 Å². The average Bonchev–Trinajstić information content (AvgIpc) is 2.91. The highest BCUT2D eigenvalue weighted by Gasteiger charge is 2.15. The second kappa shape index (κ2) is 7.56. The van der Waals surface area contributed by atoms with E-state index < -0.39 is 5.97 Å². The van der Waals surface area contributed by atoms with Crippen molar-refractivity contribution in [2.45, 2.75) is 11.3 Å². The Morgan fingerprint density at radius 1 is 1.04 bits per heavy atom. The fraction of sp³-hybridized carbons (Fsp3) is 0.286. The van der Waals surface area contributed by atoms with E-state index in [0.29, 0.717) is 12.0 Å². The van der Waals surface area contributed by atoms with Crippen molar-refractivity contribution in [3.05, 3.63) is 53.6 Å². The zero-order valence-corrected chi connectivity index (χ0v) is 15.3. The van der Waals surface area contributed by atoms with Crippen LogP contribution in [-0.4, -0.2) is 43.1 Å². The fourth-order valence-electron chi connectivity index (χ4n) is 3.36. The number of thioether (sulfide) groups is 1. The number of benzene rings is 2. The molecule has 1 N–H and O–H groups in total. The number of ether oxygens (including phenoxy) is 1. The lowest BCUT2D eigenvalue weighted by Gasteiger charge is -2.28. The maximum Gasteiger partial charge on any atom is 0.331 e. The minimum Gasteiger partial charge on any atom is -0.478 e. The number of aliphatic carboxylic acids is 1. The number of anilines is 1. The van der Waals surface area contributed by atoms with Crippen LogP contribution >= 0.6 is 11.8 Å². The molecule has 2 aromatic rings. The fourth-order valence-corrected chi connectivity index (χ4v) is 4.35. The van der Waals surface area contributed by atoms with E-state index in [1.165, 1.54) is 5.69 Å². The molecule has 2 heterocycles. The first-order valence-corrected chi connectivity index (χ1v) is 9.83. The summed E-state index contributed by atoms with van der Waals surface area (Å²) in [4.78, 5) is 14.9. The van der Waals surface area contributed by atoms with Crippen molar-refractivity contribution in [2.24, 2.45) is 0 Å². The Balaban J connectivity index is 1.62. The van der Waals surface area contributed by atoms with Crippen LogP contribution < -0.4 is 4.90 Å². The minimum absolute atomic E-state index is 0.482. The second-order valence-corrected chi connectivity index (χ2v) is 7.61. The van der Waals surface area contributed by atoms with E-state index in [1.807, 2.05) is 6.08 Å². The molecule has 0 saturated carbocycles. The third kappa shape index (κ3) is 3.64. The van der Waals surface area contributed by atoms with Crippen molar-refractivity contribution < 1.29 is 14.6 Å². The summed E-state index contributed by atoms with van der Waals surface area (Å²) in [6.07, 6.45) is 2.42. The molecule has 0 amide bonds. The Morgan fingerprint density at radius 3 is 2.50 bits per heavy atom. The van der Waals surface area contributed by atoms with Crippen molar-refractivity contribution >= 4 is 29.5 Å². The van der Waals surface area contributed by atoms with Crippen LogP contribution in [0.15, 0.2) is 52.9 Å². The highest BCUT2D eigenvalue weighted by atomic mass is 32.2. The number of morpholine rings is 1. The molecule has 26 heavy (non-hydrogen) atoms. The highest BCUT2D eigenvalue weighted by Crippen LogP contribution is 2.34. The third-order valence-electron chi connectivity index (χ3n) is 4.82. The van der Waals surface area contributed by atoms with Gasteiger partial charge >= 0.3 is 5.97 Å². The molecule has 2 aliphatic heterocycles. The van der Waals surface area contributed by atoms with Crippen molar-refractivity contribution in [2.75, 3.05) is 37.0 Å². The molecule has 5 heteroatoms. The number of nitrogens with zero attached hydrogens (tertiary/aromatic N) is 1. The Kier molecular flexibility index (Phi) is 5.00. The van der Waals surface area contributed by atoms with E-state index >= 15 is 0 Å². The maximum atomic E-state index is 11.4. The summed E-state index contributed by atoms with van der Waals surface area (Å²) in [5.41, 5.74) is 4.95. The van der Waals surface area contributed by atoms with Gasteiger partial charge in [-0.25, -0.2) is 4.79 Å². The normalized spacial score (nSPS) is 17.2. The topological polar surface area (TPSA) is 49.8 Å². The van der Waals surface area contributed by atoms with Gasteiger partial charge in [-0.1, -0.05) is 18.2 Å². The smallest absolute Gasteiger partial charge is 0.331 e. The SMILES string of the molecule is O=C(O)C1=Cc2cc(-c3ccc(N4CCOCC4)cc3)ccc2SCC1. The monoisotopic (exact) mass is 367 g/mol. The molecule has 0 aliphatic carbocycles. The van der Waals surface area contributed by atoms with E-state index in [9.17, 15) is 9.90 Å². The molecule has 0 atom stereocenters. The zero-order valence-electron chi connectivity index (χ0n) is 14.5. The van der Waals surface area contributed by atoms with Gasteiger partial charge in [0.1, 0.15) is 0 Å². The summed E-state index contributed by atoms with van der Waals surface area (Å²) in [6, 6.07) is 14.9. The van der Waals surface area contributed by atoms with E-state index in [-0.39, 0.29) is 0 Å². The molecule has 1 saturated heterocycles. The van der Waals surface area contributed by atoms with Crippen molar-refractivity contribution in [3.63, 3.8) is 0 Å². The third-order valence-corrected chi connectivity index (χ3v) is 5.91. The Morgan fingerprint density at radius 2 is 1.77 bits per heavy atom. The van der Waals surface area contributed by atoms with Gasteiger partial charge in [-0.3, -0.25) is 0 Å². The van der Waals surface area contributed by atoms with Gasteiger partial charge in [0, 0.05) is 35.0 Å². The van der Waals surface area contributed by atoms with Crippen LogP contribution in [0.3, 0.4) is 0 Å². The number of rotatable bonds is 3. The lowest BCUT2D eigenvalue weighted by molar-refractivity contribution is -0.132. The molecule has 0 aromatic heterocycles. The number of hydrogen-bond donors (Lipinski definition) is 1. The first kappa shape index (κ1) is 17.2. The molecule has 2 aromatic carbocycles. The van der Waals surface area contributed by atoms with Crippen LogP contribution in [0.4, 0.5) is 5.69 Å². The molecule has 134 valence electrons. The largest absolute Gasteiger partial charge is 0.478 e. The van der Waals surface area contributed by atoms with Crippen LogP contribution in [-0.2, 0) is 9.53 Å². The Labute approximate surface area is 157 Å². The molecule has 0 unspecified atom stereocenters. The maximum absolute atomic E-state index is 11.4. The number of carboxylic acids is 1. The van der Waals surface area contributed by atoms with Crippen molar-refractivity contribution in [3.8, 4) is 11.1 Å². The van der Waals surface area contributed by atoms with Gasteiger partial charge in [0.25, 0.3) is 0 Å². The number of fused-ring (bicyclic) bond motifs is 1. The van der Waals surface area contributed by atoms with Crippen molar-refractivity contribution in [1.29, 1.82) is 0 Å². The van der Waals surface area contributed by atoms with E-state index in [1.54, 1.807) is 11.8 Å². The van der Waals surface area contributed by atoms with Crippen LogP contribution in [0.1, 0.15) is 12.0 Å². The summed E-state index contributed by atoms with van der Waals surface area (Å²) in [5.74, 6) is -0.0163. The van der Waals surface area contributed by atoms with E-state index in [0.717, 1.165) is 53.6 Å². The number of hydrogen-bond acceptors (Lipinski definition) is 4. The summed E-state index contributed by atoms with van der Waals surface area (Å²) in [5, 5.41) is 9.34. The zero-order chi connectivity index (χ0) is 17.9. The predicted octanol–water partition coefficient (Wildman–Crippen LogP) is 4.15. The number of carbonyl (C=O) groups is 1. The Hall–Kier alpha value is -2.24. The lowest BCUT2D eigenvalue weighted by atomic mass is 10.0. The molecular weight excluding hydrogens is 346 g/mol. The molecular formula is C21H21NO3S. The van der Waals surface area contributed by atoms with E-state index in [4.69, 9.17) is 4.74 Å². The lowest BCUT2D eigenvalue weighted by Crippen LogP contribution is -2.36. The molecule has 0 spiro atoms. The second-order valence-electron chi connectivity index (χ2n) is 6.47. The van der Waals surface area contributed by atoms with Gasteiger partial charge in [-0.15, -0.1) is 11.8 Å². The number of carboxylic acid groups (broad SMARTS) is 1. The Bertz CT molecular complexity index is 839. The molecule has 4 rings (SSSR count). The molecule has 0 radical (unpaired) electrons. The van der Waals surface area contributed by atoms with Gasteiger partial charge in [0.05, 0.1) is 13.2 Å². The van der Waals surface area contributed by atoms with Crippen LogP contribution in [0.2, 0.25) is 0 Å². The van der Waals surface area contributed by atoms with Crippen LogP contribution in [0.5, 0.6) is 0 Å². The van der Waals surface area contributed by atoms with Gasteiger partial charge in [-0.2, -0.15) is 0 Å². The van der Waals surface area contributed by atoms with Gasteiger partial charge in [-0.05, 0) is 53.5 Å². The quantitative estimate of drug-likeness (QED) is 0.883. The van der Waals surface area contributed by atoms with Crippen LogP contribution in [0.25, 0.3) is 17.2 Å².